The van der Waals surface area contributed by atoms with Crippen molar-refractivity contribution in [2.45, 2.75) is 25.7 Å². The van der Waals surface area contributed by atoms with Gasteiger partial charge in [-0.05, 0) is 55.4 Å². The van der Waals surface area contributed by atoms with Gasteiger partial charge in [-0.3, -0.25) is 14.4 Å². The number of hydrogen-bond donors (Lipinski definition) is 1. The van der Waals surface area contributed by atoms with E-state index >= 15 is 0 Å². The van der Waals surface area contributed by atoms with Crippen molar-refractivity contribution in [1.29, 1.82) is 5.26 Å². The Morgan fingerprint density at radius 1 is 1.15 bits per heavy atom. The highest BCUT2D eigenvalue weighted by atomic mass is 16.2. The second kappa shape index (κ2) is 7.28. The van der Waals surface area contributed by atoms with Crippen LogP contribution in [0.25, 0.3) is 0 Å². The molecule has 0 saturated heterocycles. The van der Waals surface area contributed by atoms with Crippen molar-refractivity contribution >= 4 is 23.3 Å². The van der Waals surface area contributed by atoms with Crippen LogP contribution in [0.15, 0.2) is 24.3 Å². The number of ketones is 1. The largest absolute Gasteiger partial charge is 0.345 e. The van der Waals surface area contributed by atoms with Gasteiger partial charge in [0.1, 0.15) is 0 Å². The number of amides is 2. The Kier molecular flexibility index (Phi) is 5.08. The van der Waals surface area contributed by atoms with E-state index in [0.29, 0.717) is 23.1 Å². The van der Waals surface area contributed by atoms with Crippen molar-refractivity contribution in [3.8, 4) is 6.07 Å². The first-order valence-corrected chi connectivity index (χ1v) is 8.96. The number of nitrogens with zero attached hydrogens (tertiary/aromatic N) is 2. The summed E-state index contributed by atoms with van der Waals surface area (Å²) in [6.07, 6.45) is 4.06. The molecule has 6 nitrogen and oxygen atoms in total. The zero-order chi connectivity index (χ0) is 18.8. The van der Waals surface area contributed by atoms with Crippen LogP contribution in [0.5, 0.6) is 0 Å². The SMILES string of the molecule is CN(C)C(=O)c1ccc(NC(=O)C(C#N)C(=O)C2CC3CCC2C3)cc1. The molecule has 0 aromatic heterocycles. The molecule has 0 heterocycles. The fourth-order valence-corrected chi connectivity index (χ4v) is 4.23. The summed E-state index contributed by atoms with van der Waals surface area (Å²) in [5, 5.41) is 12.0. The number of Topliss-reactive ketones (excluding diaryl/α,β-unsaturated/α-hetero) is 1. The molecule has 136 valence electrons. The summed E-state index contributed by atoms with van der Waals surface area (Å²) in [5.41, 5.74) is 0.967. The molecule has 2 aliphatic carbocycles. The van der Waals surface area contributed by atoms with Crippen LogP contribution in [0.1, 0.15) is 36.0 Å². The quantitative estimate of drug-likeness (QED) is 0.823. The zero-order valence-corrected chi connectivity index (χ0v) is 15.1. The molecule has 26 heavy (non-hydrogen) atoms. The van der Waals surface area contributed by atoms with Gasteiger partial charge in [-0.15, -0.1) is 0 Å². The molecule has 2 aliphatic rings. The predicted octanol–water partition coefficient (Wildman–Crippen LogP) is 2.47. The lowest BCUT2D eigenvalue weighted by molar-refractivity contribution is -0.132. The highest BCUT2D eigenvalue weighted by molar-refractivity contribution is 6.10. The number of carbonyl (C=O) groups excluding carboxylic acids is 3. The van der Waals surface area contributed by atoms with Gasteiger partial charge < -0.3 is 10.2 Å². The van der Waals surface area contributed by atoms with Crippen molar-refractivity contribution < 1.29 is 14.4 Å². The fraction of sp³-hybridized carbons (Fsp3) is 0.500. The standard InChI is InChI=1S/C20H23N3O3/c1-23(2)20(26)13-5-7-15(8-6-13)22-19(25)17(11-21)18(24)16-10-12-3-4-14(16)9-12/h5-8,12,14,16-17H,3-4,9-10H2,1-2H3,(H,22,25). The lowest BCUT2D eigenvalue weighted by atomic mass is 9.81. The van der Waals surface area contributed by atoms with Crippen molar-refractivity contribution in [1.82, 2.24) is 4.90 Å². The third-order valence-corrected chi connectivity index (χ3v) is 5.58. The maximum Gasteiger partial charge on any atom is 0.253 e. The molecule has 2 saturated carbocycles. The lowest BCUT2D eigenvalue weighted by Crippen LogP contribution is -2.35. The first-order valence-electron chi connectivity index (χ1n) is 8.96. The van der Waals surface area contributed by atoms with Gasteiger partial charge in [0.15, 0.2) is 11.7 Å². The molecule has 0 radical (unpaired) electrons. The van der Waals surface area contributed by atoms with Gasteiger partial charge in [0.25, 0.3) is 5.91 Å². The number of nitrogens with one attached hydrogen (secondary N) is 1. The Morgan fingerprint density at radius 3 is 2.35 bits per heavy atom. The molecule has 1 N–H and O–H groups in total. The maximum atomic E-state index is 12.7. The average Bonchev–Trinajstić information content (AvgIpc) is 3.25. The van der Waals surface area contributed by atoms with Gasteiger partial charge in [-0.2, -0.15) is 5.26 Å². The van der Waals surface area contributed by atoms with Crippen molar-refractivity contribution in [2.75, 3.05) is 19.4 Å². The fourth-order valence-electron chi connectivity index (χ4n) is 4.23. The van der Waals surface area contributed by atoms with E-state index in [1.165, 1.54) is 4.90 Å². The highest BCUT2D eigenvalue weighted by Gasteiger charge is 2.46. The van der Waals surface area contributed by atoms with Crippen LogP contribution in [0, 0.1) is 35.0 Å². The summed E-state index contributed by atoms with van der Waals surface area (Å²) in [7, 11) is 3.33. The minimum Gasteiger partial charge on any atom is -0.345 e. The Morgan fingerprint density at radius 2 is 1.85 bits per heavy atom. The number of benzene rings is 1. The van der Waals surface area contributed by atoms with Gasteiger partial charge in [-0.1, -0.05) is 6.42 Å². The summed E-state index contributed by atoms with van der Waals surface area (Å²) in [5.74, 6) is -1.47. The zero-order valence-electron chi connectivity index (χ0n) is 15.1. The van der Waals surface area contributed by atoms with E-state index in [4.69, 9.17) is 0 Å². The number of anilines is 1. The van der Waals surface area contributed by atoms with Crippen LogP contribution in [0.4, 0.5) is 5.69 Å². The topological polar surface area (TPSA) is 90.3 Å². The van der Waals surface area contributed by atoms with E-state index in [1.807, 2.05) is 6.07 Å². The number of nitriles is 1. The van der Waals surface area contributed by atoms with Gasteiger partial charge >= 0.3 is 0 Å². The number of rotatable bonds is 5. The second-order valence-corrected chi connectivity index (χ2v) is 7.51. The Balaban J connectivity index is 1.65. The van der Waals surface area contributed by atoms with Crippen LogP contribution in [-0.4, -0.2) is 36.6 Å². The molecule has 6 heteroatoms. The van der Waals surface area contributed by atoms with Crippen molar-refractivity contribution in [3.05, 3.63) is 29.8 Å². The second-order valence-electron chi connectivity index (χ2n) is 7.51. The molecule has 4 unspecified atom stereocenters. The summed E-state index contributed by atoms with van der Waals surface area (Å²) < 4.78 is 0. The predicted molar refractivity (Wildman–Crippen MR) is 96.1 cm³/mol. The summed E-state index contributed by atoms with van der Waals surface area (Å²) >= 11 is 0. The van der Waals surface area contributed by atoms with E-state index in [2.05, 4.69) is 5.32 Å². The third kappa shape index (κ3) is 3.48. The van der Waals surface area contributed by atoms with Gasteiger partial charge in [0, 0.05) is 31.3 Å². The van der Waals surface area contributed by atoms with Crippen LogP contribution in [-0.2, 0) is 9.59 Å². The van der Waals surface area contributed by atoms with Gasteiger partial charge in [0.05, 0.1) is 6.07 Å². The highest BCUT2D eigenvalue weighted by Crippen LogP contribution is 2.49. The number of fused-ring (bicyclic) bond motifs is 2. The molecule has 2 bridgehead atoms. The number of hydrogen-bond acceptors (Lipinski definition) is 4. The minimum absolute atomic E-state index is 0.135. The first-order chi connectivity index (χ1) is 12.4. The van der Waals surface area contributed by atoms with E-state index in [1.54, 1.807) is 38.4 Å². The first kappa shape index (κ1) is 18.1. The smallest absolute Gasteiger partial charge is 0.253 e. The average molecular weight is 353 g/mol. The molecule has 0 aliphatic heterocycles. The van der Waals surface area contributed by atoms with Crippen LogP contribution in [0.2, 0.25) is 0 Å². The summed E-state index contributed by atoms with van der Waals surface area (Å²) in [4.78, 5) is 38.5. The van der Waals surface area contributed by atoms with Crippen LogP contribution >= 0.6 is 0 Å². The van der Waals surface area contributed by atoms with Gasteiger partial charge in [-0.25, -0.2) is 0 Å². The Hall–Kier alpha value is -2.68. The molecule has 3 rings (SSSR count). The van der Waals surface area contributed by atoms with Crippen LogP contribution < -0.4 is 5.32 Å². The Bertz CT molecular complexity index is 764. The van der Waals surface area contributed by atoms with Gasteiger partial charge in [0.2, 0.25) is 5.91 Å². The monoisotopic (exact) mass is 353 g/mol. The molecular formula is C20H23N3O3. The third-order valence-electron chi connectivity index (χ3n) is 5.58. The molecule has 4 atom stereocenters. The normalized spacial score (nSPS) is 24.6. The van der Waals surface area contributed by atoms with Crippen molar-refractivity contribution in [2.24, 2.45) is 23.7 Å². The lowest BCUT2D eigenvalue weighted by Gasteiger charge is -2.22. The minimum atomic E-state index is -1.28. The maximum absolute atomic E-state index is 12.7. The number of carbonyl (C=O) groups is 3. The molecule has 1 aromatic rings. The molecule has 2 fully saturated rings. The summed E-state index contributed by atoms with van der Waals surface area (Å²) in [6.45, 7) is 0. The van der Waals surface area contributed by atoms with E-state index < -0.39 is 11.8 Å². The Labute approximate surface area is 153 Å². The summed E-state index contributed by atoms with van der Waals surface area (Å²) in [6, 6.07) is 8.30. The molecule has 2 amide bonds. The van der Waals surface area contributed by atoms with Crippen molar-refractivity contribution in [3.63, 3.8) is 0 Å². The molecule has 0 spiro atoms. The molecular weight excluding hydrogens is 330 g/mol. The van der Waals surface area contributed by atoms with E-state index in [-0.39, 0.29) is 17.6 Å². The molecule has 1 aromatic carbocycles. The van der Waals surface area contributed by atoms with E-state index in [0.717, 1.165) is 25.7 Å². The van der Waals surface area contributed by atoms with Crippen LogP contribution in [0.3, 0.4) is 0 Å². The van der Waals surface area contributed by atoms with E-state index in [9.17, 15) is 19.6 Å².